The van der Waals surface area contributed by atoms with Gasteiger partial charge in [0.05, 0.1) is 18.0 Å². The Morgan fingerprint density at radius 2 is 1.82 bits per heavy atom. The number of hydrogen-bond acceptors (Lipinski definition) is 3. The predicted molar refractivity (Wildman–Crippen MR) is 139 cm³/mol. The van der Waals surface area contributed by atoms with E-state index < -0.39 is 0 Å². The van der Waals surface area contributed by atoms with Crippen molar-refractivity contribution >= 4 is 53.6 Å². The van der Waals surface area contributed by atoms with Crippen molar-refractivity contribution in [3.63, 3.8) is 0 Å². The maximum absolute atomic E-state index is 15.0. The number of benzene rings is 3. The lowest BCUT2D eigenvalue weighted by molar-refractivity contribution is -0.647. The highest BCUT2D eigenvalue weighted by Gasteiger charge is 2.25. The summed E-state index contributed by atoms with van der Waals surface area (Å²) in [4.78, 5) is 4.86. The number of rotatable bonds is 3. The molecule has 0 aliphatic rings. The summed E-state index contributed by atoms with van der Waals surface area (Å²) < 4.78 is 25.7. The van der Waals surface area contributed by atoms with E-state index >= 15 is 0 Å². The molecule has 0 saturated heterocycles. The van der Waals surface area contributed by atoms with E-state index in [1.807, 2.05) is 39.4 Å². The SMILES string of the molecule is Cc1cc(F)c2c(c1)oc1c(-c3nc[n+](C)c4c3sc3cc(CC(C)C)ccc34)cc(C)cc12. The Morgan fingerprint density at radius 1 is 1.03 bits per heavy atom. The molecule has 0 unspecified atom stereocenters. The lowest BCUT2D eigenvalue weighted by Crippen LogP contribution is -2.29. The Balaban J connectivity index is 1.68. The lowest BCUT2D eigenvalue weighted by atomic mass is 10.0. The second-order valence-electron chi connectivity index (χ2n) is 9.82. The third kappa shape index (κ3) is 3.22. The van der Waals surface area contributed by atoms with Gasteiger partial charge >= 0.3 is 0 Å². The first kappa shape index (κ1) is 21.2. The number of thiophene rings is 1. The first-order chi connectivity index (χ1) is 16.3. The molecule has 0 radical (unpaired) electrons. The van der Waals surface area contributed by atoms with E-state index in [0.29, 0.717) is 22.5 Å². The normalized spacial score (nSPS) is 12.2. The minimum Gasteiger partial charge on any atom is -0.455 e. The van der Waals surface area contributed by atoms with Crippen LogP contribution in [0, 0.1) is 25.6 Å². The molecule has 0 N–H and O–H groups in total. The van der Waals surface area contributed by atoms with Crippen molar-refractivity contribution in [1.82, 2.24) is 4.98 Å². The van der Waals surface area contributed by atoms with Gasteiger partial charge in [-0.15, -0.1) is 11.3 Å². The smallest absolute Gasteiger partial charge is 0.287 e. The van der Waals surface area contributed by atoms with Crippen molar-refractivity contribution in [2.75, 3.05) is 0 Å². The molecule has 0 fully saturated rings. The van der Waals surface area contributed by atoms with Crippen LogP contribution in [0.15, 0.2) is 53.2 Å². The maximum atomic E-state index is 15.0. The second-order valence-corrected chi connectivity index (χ2v) is 10.9. The van der Waals surface area contributed by atoms with Gasteiger partial charge in [-0.05, 0) is 84.3 Å². The minimum atomic E-state index is -0.248. The van der Waals surface area contributed by atoms with Crippen LogP contribution in [0.5, 0.6) is 0 Å². The molecule has 0 aliphatic heterocycles. The van der Waals surface area contributed by atoms with Gasteiger partial charge in [-0.3, -0.25) is 0 Å². The molecule has 0 bridgehead atoms. The van der Waals surface area contributed by atoms with E-state index in [9.17, 15) is 4.39 Å². The maximum Gasteiger partial charge on any atom is 0.287 e. The molecule has 0 amide bonds. The molecule has 0 saturated carbocycles. The Bertz CT molecular complexity index is 1760. The summed E-state index contributed by atoms with van der Waals surface area (Å²) in [6.07, 6.45) is 2.93. The third-order valence-electron chi connectivity index (χ3n) is 6.47. The topological polar surface area (TPSA) is 29.9 Å². The monoisotopic (exact) mass is 469 g/mol. The standard InChI is InChI=1S/C29H26FN2OS/c1-15(2)8-18-6-7-19-24(13-18)34-29-26(31-14-32(5)27(19)29)21-10-16(3)9-20-25-22(30)11-17(4)12-23(25)33-28(20)21/h6-7,9-15H,8H2,1-5H3/q+1. The number of halogens is 1. The fourth-order valence-electron chi connectivity index (χ4n) is 5.10. The molecule has 0 spiro atoms. The molecule has 3 heterocycles. The van der Waals surface area contributed by atoms with E-state index in [-0.39, 0.29) is 5.82 Å². The molecule has 170 valence electrons. The van der Waals surface area contributed by atoms with Crippen molar-refractivity contribution < 1.29 is 13.4 Å². The fourth-order valence-corrected chi connectivity index (χ4v) is 6.41. The molecule has 5 heteroatoms. The average molecular weight is 470 g/mol. The van der Waals surface area contributed by atoms with Crippen LogP contribution >= 0.6 is 11.3 Å². The molecule has 0 atom stereocenters. The van der Waals surface area contributed by atoms with Crippen LogP contribution in [0.2, 0.25) is 0 Å². The van der Waals surface area contributed by atoms with Crippen LogP contribution in [0.3, 0.4) is 0 Å². The van der Waals surface area contributed by atoms with Gasteiger partial charge in [0.15, 0.2) is 5.52 Å². The Morgan fingerprint density at radius 3 is 2.62 bits per heavy atom. The fraction of sp³-hybridized carbons (Fsp3) is 0.241. The van der Waals surface area contributed by atoms with Crippen LogP contribution in [-0.4, -0.2) is 4.98 Å². The second kappa shape index (κ2) is 7.60. The molecule has 3 nitrogen and oxygen atoms in total. The highest BCUT2D eigenvalue weighted by molar-refractivity contribution is 7.26. The van der Waals surface area contributed by atoms with Gasteiger partial charge in [-0.25, -0.2) is 8.96 Å². The number of nitrogens with zero attached hydrogens (tertiary/aromatic N) is 2. The number of aromatic nitrogens is 2. The number of aryl methyl sites for hydroxylation is 3. The van der Waals surface area contributed by atoms with Gasteiger partial charge in [-0.2, -0.15) is 0 Å². The van der Waals surface area contributed by atoms with E-state index in [1.54, 1.807) is 17.4 Å². The van der Waals surface area contributed by atoms with Crippen LogP contribution in [0.4, 0.5) is 4.39 Å². The van der Waals surface area contributed by atoms with Gasteiger partial charge in [0.25, 0.3) is 6.33 Å². The first-order valence-corrected chi connectivity index (χ1v) is 12.4. The van der Waals surface area contributed by atoms with Crippen LogP contribution in [0.1, 0.15) is 30.5 Å². The first-order valence-electron chi connectivity index (χ1n) is 11.6. The zero-order valence-electron chi connectivity index (χ0n) is 20.0. The van der Waals surface area contributed by atoms with E-state index in [4.69, 9.17) is 9.40 Å². The van der Waals surface area contributed by atoms with Crippen molar-refractivity contribution in [2.24, 2.45) is 13.0 Å². The van der Waals surface area contributed by atoms with Crippen molar-refractivity contribution in [3.05, 3.63) is 71.3 Å². The quantitative estimate of drug-likeness (QED) is 0.248. The largest absolute Gasteiger partial charge is 0.455 e. The molecular formula is C29H26FN2OS+. The molecule has 34 heavy (non-hydrogen) atoms. The predicted octanol–water partition coefficient (Wildman–Crippen LogP) is 7.79. The van der Waals surface area contributed by atoms with Crippen LogP contribution in [-0.2, 0) is 13.5 Å². The third-order valence-corrected chi connectivity index (χ3v) is 7.62. The Labute approximate surface area is 201 Å². The summed E-state index contributed by atoms with van der Waals surface area (Å²) in [5.74, 6) is 0.361. The Kier molecular flexibility index (Phi) is 4.75. The van der Waals surface area contributed by atoms with Crippen LogP contribution in [0.25, 0.3) is 53.5 Å². The van der Waals surface area contributed by atoms with Crippen molar-refractivity contribution in [3.8, 4) is 11.3 Å². The van der Waals surface area contributed by atoms with E-state index in [0.717, 1.165) is 44.4 Å². The summed E-state index contributed by atoms with van der Waals surface area (Å²) >= 11 is 1.77. The van der Waals surface area contributed by atoms with Gasteiger partial charge in [0, 0.05) is 15.5 Å². The summed E-state index contributed by atoms with van der Waals surface area (Å²) in [7, 11) is 2.04. The van der Waals surface area contributed by atoms with Crippen molar-refractivity contribution in [2.45, 2.75) is 34.1 Å². The number of fused-ring (bicyclic) bond motifs is 6. The summed E-state index contributed by atoms with van der Waals surface area (Å²) in [6, 6.07) is 14.4. The van der Waals surface area contributed by atoms with Gasteiger partial charge in [0.1, 0.15) is 21.7 Å². The highest BCUT2D eigenvalue weighted by atomic mass is 32.1. The zero-order chi connectivity index (χ0) is 23.7. The molecule has 0 aliphatic carbocycles. The molecular weight excluding hydrogens is 443 g/mol. The van der Waals surface area contributed by atoms with Crippen molar-refractivity contribution in [1.29, 1.82) is 0 Å². The highest BCUT2D eigenvalue weighted by Crippen LogP contribution is 2.42. The lowest BCUT2D eigenvalue weighted by Gasteiger charge is -2.04. The summed E-state index contributed by atoms with van der Waals surface area (Å²) in [5, 5.41) is 2.57. The van der Waals surface area contributed by atoms with Gasteiger partial charge < -0.3 is 4.42 Å². The summed E-state index contributed by atoms with van der Waals surface area (Å²) in [6.45, 7) is 8.42. The molecule has 6 aromatic rings. The molecule has 3 aromatic heterocycles. The zero-order valence-corrected chi connectivity index (χ0v) is 20.8. The molecule has 6 rings (SSSR count). The van der Waals surface area contributed by atoms with Gasteiger partial charge in [-0.1, -0.05) is 19.9 Å². The average Bonchev–Trinajstić information content (AvgIpc) is 3.31. The number of furan rings is 1. The minimum absolute atomic E-state index is 0.248. The van der Waals surface area contributed by atoms with Crippen LogP contribution < -0.4 is 4.57 Å². The summed E-state index contributed by atoms with van der Waals surface area (Å²) in [5.41, 5.74) is 7.45. The van der Waals surface area contributed by atoms with E-state index in [1.165, 1.54) is 15.6 Å². The Hall–Kier alpha value is -3.31. The van der Waals surface area contributed by atoms with Gasteiger partial charge in [0.2, 0.25) is 5.69 Å². The van der Waals surface area contributed by atoms with E-state index in [2.05, 4.69) is 42.7 Å². The number of hydrogen-bond donors (Lipinski definition) is 0. The molecule has 3 aromatic carbocycles.